The Morgan fingerprint density at radius 2 is 1.29 bits per heavy atom. The molecule has 0 spiro atoms. The van der Waals surface area contributed by atoms with E-state index in [2.05, 4.69) is 34.6 Å². The summed E-state index contributed by atoms with van der Waals surface area (Å²) >= 11 is 0. The first-order valence-corrected chi connectivity index (χ1v) is 9.83. The molecule has 146 valence electrons. The van der Waals surface area contributed by atoms with Gasteiger partial charge in [0, 0.05) is 6.42 Å². The van der Waals surface area contributed by atoms with E-state index in [4.69, 9.17) is 14.5 Å². The highest BCUT2D eigenvalue weighted by atomic mass is 17.2. The number of esters is 1. The average molecular weight is 347 g/mol. The lowest BCUT2D eigenvalue weighted by molar-refractivity contribution is -0.297. The second-order valence-corrected chi connectivity index (χ2v) is 6.98. The molecule has 0 saturated carbocycles. The van der Waals surface area contributed by atoms with Crippen LogP contribution in [0.25, 0.3) is 0 Å². The minimum absolute atomic E-state index is 0.0472. The molecule has 0 unspecified atom stereocenters. The van der Waals surface area contributed by atoms with Crippen molar-refractivity contribution >= 4 is 5.97 Å². The lowest BCUT2D eigenvalue weighted by Gasteiger charge is -2.06. The van der Waals surface area contributed by atoms with Gasteiger partial charge in [-0.2, -0.15) is 0 Å². The van der Waals surface area contributed by atoms with E-state index in [0.29, 0.717) is 24.9 Å². The molecule has 0 N–H and O–H groups in total. The summed E-state index contributed by atoms with van der Waals surface area (Å²) in [5.41, 5.74) is 0. The molecular weight excluding hydrogens is 304 g/mol. The molecule has 0 saturated heterocycles. The Labute approximate surface area is 150 Å². The zero-order chi connectivity index (χ0) is 18.6. The van der Waals surface area contributed by atoms with E-state index in [1.54, 1.807) is 0 Å². The van der Waals surface area contributed by atoms with Crippen molar-refractivity contribution in [3.63, 3.8) is 0 Å². The minimum atomic E-state index is -0.0472. The Bertz CT molecular complexity index is 240. The third-order valence-corrected chi connectivity index (χ3v) is 3.43. The van der Waals surface area contributed by atoms with Crippen LogP contribution in [0.15, 0.2) is 0 Å². The predicted molar refractivity (Wildman–Crippen MR) is 101 cm³/mol. The van der Waals surface area contributed by atoms with Crippen LogP contribution in [0.4, 0.5) is 0 Å². The van der Waals surface area contributed by atoms with Gasteiger partial charge in [0.05, 0.1) is 19.8 Å². The van der Waals surface area contributed by atoms with E-state index < -0.39 is 0 Å². The van der Waals surface area contributed by atoms with Crippen molar-refractivity contribution in [2.45, 2.75) is 92.9 Å². The van der Waals surface area contributed by atoms with Crippen molar-refractivity contribution in [1.82, 2.24) is 0 Å². The van der Waals surface area contributed by atoms with Gasteiger partial charge in [0.2, 0.25) is 0 Å². The molecule has 24 heavy (non-hydrogen) atoms. The fourth-order valence-electron chi connectivity index (χ4n) is 1.79. The van der Waals surface area contributed by atoms with E-state index in [1.807, 2.05) is 6.92 Å². The van der Waals surface area contributed by atoms with Crippen LogP contribution in [-0.2, 0) is 19.3 Å². The van der Waals surface area contributed by atoms with Crippen molar-refractivity contribution in [3.05, 3.63) is 0 Å². The minimum Gasteiger partial charge on any atom is -0.466 e. The third kappa shape index (κ3) is 26.3. The standard InChI is InChI=1S/C10H22O2.C10H20O2/c1-9(2)5-7-11-12-8-6-10(3)4;1-3-5-6-7-8-9-10(11)12-4-2/h9-10H,5-8H2,1-4H3;3-9H2,1-2H3. The number of unbranched alkanes of at least 4 members (excludes halogenated alkanes) is 4. The molecule has 0 aliphatic carbocycles. The molecule has 0 amide bonds. The summed E-state index contributed by atoms with van der Waals surface area (Å²) < 4.78 is 4.81. The van der Waals surface area contributed by atoms with Gasteiger partial charge >= 0.3 is 5.97 Å². The lowest BCUT2D eigenvalue weighted by atomic mass is 10.1. The molecule has 0 rings (SSSR count). The maximum atomic E-state index is 10.9. The largest absolute Gasteiger partial charge is 0.466 e. The van der Waals surface area contributed by atoms with Gasteiger partial charge in [0.25, 0.3) is 0 Å². The number of hydrogen-bond acceptors (Lipinski definition) is 4. The molecule has 4 nitrogen and oxygen atoms in total. The monoisotopic (exact) mass is 346 g/mol. The topological polar surface area (TPSA) is 44.8 Å². The van der Waals surface area contributed by atoms with Gasteiger partial charge in [-0.3, -0.25) is 4.79 Å². The summed E-state index contributed by atoms with van der Waals surface area (Å²) in [4.78, 5) is 20.8. The van der Waals surface area contributed by atoms with Crippen LogP contribution in [0.3, 0.4) is 0 Å². The maximum absolute atomic E-state index is 10.9. The zero-order valence-electron chi connectivity index (χ0n) is 17.1. The molecule has 0 aromatic carbocycles. The Hall–Kier alpha value is -0.610. The molecule has 4 heteroatoms. The summed E-state index contributed by atoms with van der Waals surface area (Å²) in [6.07, 6.45) is 8.66. The van der Waals surface area contributed by atoms with Crippen LogP contribution in [0, 0.1) is 11.8 Å². The van der Waals surface area contributed by atoms with Gasteiger partial charge in [-0.15, -0.1) is 0 Å². The van der Waals surface area contributed by atoms with Crippen molar-refractivity contribution in [2.75, 3.05) is 19.8 Å². The van der Waals surface area contributed by atoms with Gasteiger partial charge in [-0.25, -0.2) is 9.78 Å². The van der Waals surface area contributed by atoms with Crippen molar-refractivity contribution in [2.24, 2.45) is 11.8 Å². The summed E-state index contributed by atoms with van der Waals surface area (Å²) in [5.74, 6) is 1.34. The molecule has 0 heterocycles. The highest BCUT2D eigenvalue weighted by Crippen LogP contribution is 2.05. The Morgan fingerprint density at radius 1 is 0.792 bits per heavy atom. The fraction of sp³-hybridized carbons (Fsp3) is 0.950. The average Bonchev–Trinajstić information content (AvgIpc) is 2.51. The van der Waals surface area contributed by atoms with Gasteiger partial charge in [0.15, 0.2) is 0 Å². The van der Waals surface area contributed by atoms with Crippen LogP contribution >= 0.6 is 0 Å². The molecule has 0 aromatic rings. The second kappa shape index (κ2) is 20.4. The SMILES string of the molecule is CC(C)CCOOCCC(C)C.CCCCCCCC(=O)OCC. The third-order valence-electron chi connectivity index (χ3n) is 3.43. The molecule has 0 aliphatic rings. The number of carbonyl (C=O) groups is 1. The molecule has 0 atom stereocenters. The van der Waals surface area contributed by atoms with E-state index in [1.165, 1.54) is 19.3 Å². The smallest absolute Gasteiger partial charge is 0.305 e. The molecule has 0 aliphatic heterocycles. The Balaban J connectivity index is 0. The predicted octanol–water partition coefficient (Wildman–Crippen LogP) is 5.94. The Morgan fingerprint density at radius 3 is 1.71 bits per heavy atom. The summed E-state index contributed by atoms with van der Waals surface area (Å²) in [5, 5.41) is 0. The van der Waals surface area contributed by atoms with E-state index in [9.17, 15) is 4.79 Å². The first-order valence-electron chi connectivity index (χ1n) is 9.83. The number of hydrogen-bond donors (Lipinski definition) is 0. The maximum Gasteiger partial charge on any atom is 0.305 e. The van der Waals surface area contributed by atoms with Crippen molar-refractivity contribution < 1.29 is 19.3 Å². The normalized spacial score (nSPS) is 10.7. The van der Waals surface area contributed by atoms with Gasteiger partial charge in [-0.1, -0.05) is 60.3 Å². The van der Waals surface area contributed by atoms with E-state index in [-0.39, 0.29) is 5.97 Å². The number of carbonyl (C=O) groups excluding carboxylic acids is 1. The highest BCUT2D eigenvalue weighted by molar-refractivity contribution is 5.69. The van der Waals surface area contributed by atoms with Crippen LogP contribution in [0.2, 0.25) is 0 Å². The van der Waals surface area contributed by atoms with Gasteiger partial charge in [-0.05, 0) is 38.0 Å². The number of rotatable bonds is 14. The van der Waals surface area contributed by atoms with Crippen molar-refractivity contribution in [3.8, 4) is 0 Å². The Kier molecular flexibility index (Phi) is 21.8. The quantitative estimate of drug-likeness (QED) is 0.169. The number of ether oxygens (including phenoxy) is 1. The van der Waals surface area contributed by atoms with Crippen LogP contribution in [-0.4, -0.2) is 25.8 Å². The molecule has 0 fully saturated rings. The van der Waals surface area contributed by atoms with Crippen LogP contribution in [0.1, 0.15) is 92.9 Å². The summed E-state index contributed by atoms with van der Waals surface area (Å²) in [7, 11) is 0. The summed E-state index contributed by atoms with van der Waals surface area (Å²) in [6.45, 7) is 14.7. The van der Waals surface area contributed by atoms with E-state index >= 15 is 0 Å². The van der Waals surface area contributed by atoms with Crippen LogP contribution in [0.5, 0.6) is 0 Å². The summed E-state index contributed by atoms with van der Waals surface area (Å²) in [6, 6.07) is 0. The van der Waals surface area contributed by atoms with Crippen molar-refractivity contribution in [1.29, 1.82) is 0 Å². The second-order valence-electron chi connectivity index (χ2n) is 6.98. The first kappa shape index (κ1) is 25.6. The van der Waals surface area contributed by atoms with Crippen LogP contribution < -0.4 is 0 Å². The fourth-order valence-corrected chi connectivity index (χ4v) is 1.79. The molecule has 0 aromatic heterocycles. The lowest BCUT2D eigenvalue weighted by Crippen LogP contribution is -2.03. The zero-order valence-corrected chi connectivity index (χ0v) is 17.1. The first-order chi connectivity index (χ1) is 11.4. The highest BCUT2D eigenvalue weighted by Gasteiger charge is 1.99. The van der Waals surface area contributed by atoms with E-state index in [0.717, 1.165) is 38.9 Å². The van der Waals surface area contributed by atoms with Gasteiger partial charge < -0.3 is 4.74 Å². The molecule has 0 radical (unpaired) electrons. The van der Waals surface area contributed by atoms with Gasteiger partial charge in [0.1, 0.15) is 0 Å². The molecular formula is C20H42O4. The molecule has 0 bridgehead atoms.